The Labute approximate surface area is 112 Å². The normalized spacial score (nSPS) is 12.8. The van der Waals surface area contributed by atoms with Gasteiger partial charge in [-0.25, -0.2) is 8.78 Å². The number of hydrogen-bond acceptors (Lipinski definition) is 3. The number of ether oxygens (including phenoxy) is 1. The maximum atomic E-state index is 13.7. The molecule has 5 heteroatoms. The minimum atomic E-state index is -0.717. The van der Waals surface area contributed by atoms with Crippen molar-refractivity contribution in [1.82, 2.24) is 5.32 Å². The highest BCUT2D eigenvalue weighted by Crippen LogP contribution is 2.24. The smallest absolute Gasteiger partial charge is 0.190 e. The summed E-state index contributed by atoms with van der Waals surface area (Å²) in [6.45, 7) is 6.05. The van der Waals surface area contributed by atoms with Crippen LogP contribution in [-0.2, 0) is 6.54 Å². The van der Waals surface area contributed by atoms with Gasteiger partial charge in [-0.3, -0.25) is 0 Å². The Balaban J connectivity index is 2.73. The van der Waals surface area contributed by atoms with Crippen LogP contribution in [0.2, 0.25) is 0 Å². The molecule has 0 radical (unpaired) electrons. The predicted octanol–water partition coefficient (Wildman–Crippen LogP) is 2.47. The van der Waals surface area contributed by atoms with Crippen LogP contribution in [0.1, 0.15) is 26.3 Å². The van der Waals surface area contributed by atoms with Crippen LogP contribution in [-0.4, -0.2) is 24.4 Å². The van der Waals surface area contributed by atoms with Gasteiger partial charge >= 0.3 is 0 Å². The molecule has 0 aliphatic heterocycles. The predicted molar refractivity (Wildman–Crippen MR) is 70.1 cm³/mol. The molecule has 1 aromatic rings. The average Bonchev–Trinajstić information content (AvgIpc) is 2.34. The van der Waals surface area contributed by atoms with E-state index in [9.17, 15) is 8.78 Å². The van der Waals surface area contributed by atoms with Crippen molar-refractivity contribution in [1.29, 1.82) is 0 Å². The van der Waals surface area contributed by atoms with E-state index in [1.165, 1.54) is 12.1 Å². The first-order valence-corrected chi connectivity index (χ1v) is 6.39. The van der Waals surface area contributed by atoms with E-state index in [0.29, 0.717) is 12.1 Å². The van der Waals surface area contributed by atoms with Gasteiger partial charge in [0.1, 0.15) is 0 Å². The van der Waals surface area contributed by atoms with Gasteiger partial charge in [-0.2, -0.15) is 0 Å². The number of aliphatic hydroxyl groups is 1. The lowest BCUT2D eigenvalue weighted by Crippen LogP contribution is -2.22. The second kappa shape index (κ2) is 7.40. The fourth-order valence-electron chi connectivity index (χ4n) is 1.45. The lowest BCUT2D eigenvalue weighted by molar-refractivity contribution is 0.167. The molecule has 0 amide bonds. The summed E-state index contributed by atoms with van der Waals surface area (Å²) >= 11 is 0. The zero-order valence-corrected chi connectivity index (χ0v) is 11.5. The fourth-order valence-corrected chi connectivity index (χ4v) is 1.45. The van der Waals surface area contributed by atoms with E-state index >= 15 is 0 Å². The van der Waals surface area contributed by atoms with E-state index in [1.807, 2.05) is 13.8 Å². The third kappa shape index (κ3) is 5.12. The Morgan fingerprint density at radius 3 is 2.26 bits per heavy atom. The molecule has 0 heterocycles. The largest absolute Gasteiger partial charge is 0.487 e. The van der Waals surface area contributed by atoms with E-state index in [0.717, 1.165) is 0 Å². The number of hydrogen-bond donors (Lipinski definition) is 2. The summed E-state index contributed by atoms with van der Waals surface area (Å²) in [4.78, 5) is 0. The van der Waals surface area contributed by atoms with Crippen LogP contribution in [0.15, 0.2) is 12.1 Å². The van der Waals surface area contributed by atoms with E-state index in [-0.39, 0.29) is 30.9 Å². The van der Waals surface area contributed by atoms with Crippen molar-refractivity contribution in [2.75, 3.05) is 13.2 Å². The Hall–Kier alpha value is -1.20. The van der Waals surface area contributed by atoms with Gasteiger partial charge in [0, 0.05) is 25.1 Å². The van der Waals surface area contributed by atoms with Gasteiger partial charge in [0.05, 0.1) is 6.61 Å². The van der Waals surface area contributed by atoms with E-state index in [4.69, 9.17) is 9.84 Å². The van der Waals surface area contributed by atoms with Crippen molar-refractivity contribution in [3.05, 3.63) is 29.3 Å². The monoisotopic (exact) mass is 273 g/mol. The van der Waals surface area contributed by atoms with Crippen molar-refractivity contribution >= 4 is 0 Å². The second-order valence-electron chi connectivity index (χ2n) is 5.02. The molecule has 0 aromatic heterocycles. The van der Waals surface area contributed by atoms with Gasteiger partial charge in [-0.15, -0.1) is 0 Å². The van der Waals surface area contributed by atoms with Crippen molar-refractivity contribution in [3.63, 3.8) is 0 Å². The lowest BCUT2D eigenvalue weighted by atomic mass is 10.2. The summed E-state index contributed by atoms with van der Waals surface area (Å²) in [7, 11) is 0. The second-order valence-corrected chi connectivity index (χ2v) is 5.02. The van der Waals surface area contributed by atoms with Gasteiger partial charge in [0.25, 0.3) is 0 Å². The van der Waals surface area contributed by atoms with E-state index in [2.05, 4.69) is 5.32 Å². The molecule has 1 rings (SSSR count). The summed E-state index contributed by atoms with van der Waals surface area (Å²) < 4.78 is 32.5. The van der Waals surface area contributed by atoms with Crippen LogP contribution in [0.3, 0.4) is 0 Å². The van der Waals surface area contributed by atoms with Gasteiger partial charge in [-0.05, 0) is 17.7 Å². The minimum absolute atomic E-state index is 0.0773. The SMILES string of the molecule is CC(CO)COc1c(F)cc(CNC(C)C)cc1F. The number of nitrogens with one attached hydrogen (secondary N) is 1. The highest BCUT2D eigenvalue weighted by Gasteiger charge is 2.14. The molecule has 0 bridgehead atoms. The van der Waals surface area contributed by atoms with E-state index < -0.39 is 11.6 Å². The molecule has 108 valence electrons. The third-order valence-electron chi connectivity index (χ3n) is 2.60. The van der Waals surface area contributed by atoms with Crippen LogP contribution in [0, 0.1) is 17.6 Å². The van der Waals surface area contributed by atoms with Crippen LogP contribution in [0.25, 0.3) is 0 Å². The zero-order valence-electron chi connectivity index (χ0n) is 11.5. The minimum Gasteiger partial charge on any atom is -0.487 e. The molecular formula is C14H21F2NO2. The topological polar surface area (TPSA) is 41.5 Å². The van der Waals surface area contributed by atoms with Crippen LogP contribution >= 0.6 is 0 Å². The molecule has 0 fully saturated rings. The zero-order chi connectivity index (χ0) is 14.4. The van der Waals surface area contributed by atoms with Gasteiger partial charge in [0.15, 0.2) is 17.4 Å². The summed E-state index contributed by atoms with van der Waals surface area (Å²) in [6, 6.07) is 2.77. The molecule has 0 saturated carbocycles. The van der Waals surface area contributed by atoms with Crippen LogP contribution in [0.4, 0.5) is 8.78 Å². The van der Waals surface area contributed by atoms with Gasteiger partial charge < -0.3 is 15.2 Å². The number of aliphatic hydroxyl groups excluding tert-OH is 1. The van der Waals surface area contributed by atoms with Crippen molar-refractivity contribution in [2.24, 2.45) is 5.92 Å². The molecule has 0 aliphatic rings. The highest BCUT2D eigenvalue weighted by molar-refractivity contribution is 5.31. The molecule has 2 N–H and O–H groups in total. The van der Waals surface area contributed by atoms with Crippen molar-refractivity contribution in [3.8, 4) is 5.75 Å². The maximum Gasteiger partial charge on any atom is 0.190 e. The lowest BCUT2D eigenvalue weighted by Gasteiger charge is -2.13. The third-order valence-corrected chi connectivity index (χ3v) is 2.60. The first kappa shape index (κ1) is 15.9. The molecule has 0 spiro atoms. The Morgan fingerprint density at radius 2 is 1.79 bits per heavy atom. The van der Waals surface area contributed by atoms with Gasteiger partial charge in [0.2, 0.25) is 0 Å². The molecule has 0 aliphatic carbocycles. The summed E-state index contributed by atoms with van der Waals surface area (Å²) in [5.74, 6) is -1.98. The quantitative estimate of drug-likeness (QED) is 0.802. The Bertz CT molecular complexity index is 387. The molecule has 1 aromatic carbocycles. The standard InChI is InChI=1S/C14H21F2NO2/c1-9(2)17-6-11-4-12(15)14(13(16)5-11)19-8-10(3)7-18/h4-5,9-10,17-18H,6-8H2,1-3H3. The Kier molecular flexibility index (Phi) is 6.18. The summed E-state index contributed by atoms with van der Waals surface area (Å²) in [6.07, 6.45) is 0. The molecule has 19 heavy (non-hydrogen) atoms. The van der Waals surface area contributed by atoms with Crippen LogP contribution in [0.5, 0.6) is 5.75 Å². The van der Waals surface area contributed by atoms with Crippen LogP contribution < -0.4 is 10.1 Å². The number of benzene rings is 1. The molecular weight excluding hydrogens is 252 g/mol. The highest BCUT2D eigenvalue weighted by atomic mass is 19.1. The molecule has 3 nitrogen and oxygen atoms in total. The first-order valence-electron chi connectivity index (χ1n) is 6.39. The van der Waals surface area contributed by atoms with Gasteiger partial charge in [-0.1, -0.05) is 20.8 Å². The average molecular weight is 273 g/mol. The first-order chi connectivity index (χ1) is 8.93. The maximum absolute atomic E-state index is 13.7. The van der Waals surface area contributed by atoms with Crippen molar-refractivity contribution < 1.29 is 18.6 Å². The molecule has 1 atom stereocenters. The Morgan fingerprint density at radius 1 is 1.21 bits per heavy atom. The van der Waals surface area contributed by atoms with E-state index in [1.54, 1.807) is 6.92 Å². The summed E-state index contributed by atoms with van der Waals surface area (Å²) in [5, 5.41) is 11.9. The van der Waals surface area contributed by atoms with Crippen molar-refractivity contribution in [2.45, 2.75) is 33.4 Å². The summed E-state index contributed by atoms with van der Waals surface area (Å²) in [5.41, 5.74) is 0.534. The number of halogens is 2. The number of rotatable bonds is 7. The fraction of sp³-hybridized carbons (Fsp3) is 0.571. The molecule has 0 saturated heterocycles. The molecule has 1 unspecified atom stereocenters.